The highest BCUT2D eigenvalue weighted by atomic mass is 16.5. The third-order valence-corrected chi connectivity index (χ3v) is 4.38. The number of hydrogen-bond acceptors (Lipinski definition) is 3. The summed E-state index contributed by atoms with van der Waals surface area (Å²) < 4.78 is 10.6. The Hall–Kier alpha value is -1.22. The molecule has 0 aliphatic heterocycles. The maximum atomic E-state index is 5.34. The van der Waals surface area contributed by atoms with Gasteiger partial charge in [-0.05, 0) is 49.4 Å². The molecular weight excluding hydrogens is 250 g/mol. The van der Waals surface area contributed by atoms with Crippen LogP contribution in [-0.2, 0) is 6.42 Å². The van der Waals surface area contributed by atoms with E-state index in [0.29, 0.717) is 6.04 Å². The average molecular weight is 277 g/mol. The van der Waals surface area contributed by atoms with Crippen LogP contribution in [0, 0.1) is 5.92 Å². The van der Waals surface area contributed by atoms with E-state index in [-0.39, 0.29) is 0 Å². The zero-order chi connectivity index (χ0) is 14.4. The topological polar surface area (TPSA) is 30.5 Å². The summed E-state index contributed by atoms with van der Waals surface area (Å²) in [6, 6.07) is 6.87. The maximum absolute atomic E-state index is 5.34. The first kappa shape index (κ1) is 15.2. The monoisotopic (exact) mass is 277 g/mol. The number of ether oxygens (including phenoxy) is 2. The summed E-state index contributed by atoms with van der Waals surface area (Å²) in [5.74, 6) is 2.43. The Morgan fingerprint density at radius 3 is 2.55 bits per heavy atom. The van der Waals surface area contributed by atoms with Crippen molar-refractivity contribution in [2.75, 3.05) is 20.8 Å². The second-order valence-electron chi connectivity index (χ2n) is 5.76. The standard InChI is InChI=1S/C17H27NO2/c1-13-6-4-5-7-15(13)18-11-10-14-8-9-16(19-2)17(12-14)20-3/h8-9,12-13,15,18H,4-7,10-11H2,1-3H3. The molecule has 1 aliphatic carbocycles. The molecule has 1 fully saturated rings. The van der Waals surface area contributed by atoms with E-state index in [9.17, 15) is 0 Å². The highest BCUT2D eigenvalue weighted by Gasteiger charge is 2.20. The molecule has 3 nitrogen and oxygen atoms in total. The van der Waals surface area contributed by atoms with Crippen molar-refractivity contribution in [3.05, 3.63) is 23.8 Å². The summed E-state index contributed by atoms with van der Waals surface area (Å²) in [6.45, 7) is 3.40. The number of methoxy groups -OCH3 is 2. The lowest BCUT2D eigenvalue weighted by atomic mass is 9.86. The molecule has 20 heavy (non-hydrogen) atoms. The van der Waals surface area contributed by atoms with Crippen molar-refractivity contribution in [3.8, 4) is 11.5 Å². The Labute approximate surface area is 122 Å². The summed E-state index contributed by atoms with van der Waals surface area (Å²) in [5.41, 5.74) is 1.29. The van der Waals surface area contributed by atoms with Crippen molar-refractivity contribution in [3.63, 3.8) is 0 Å². The summed E-state index contributed by atoms with van der Waals surface area (Å²) in [6.07, 6.45) is 6.50. The Morgan fingerprint density at radius 2 is 1.85 bits per heavy atom. The van der Waals surface area contributed by atoms with Crippen molar-refractivity contribution in [1.82, 2.24) is 5.32 Å². The Bertz CT molecular complexity index is 419. The van der Waals surface area contributed by atoms with E-state index in [2.05, 4.69) is 24.4 Å². The minimum absolute atomic E-state index is 0.698. The van der Waals surface area contributed by atoms with E-state index in [1.807, 2.05) is 6.07 Å². The second kappa shape index (κ2) is 7.53. The molecule has 2 unspecified atom stereocenters. The molecule has 0 amide bonds. The quantitative estimate of drug-likeness (QED) is 0.864. The van der Waals surface area contributed by atoms with E-state index in [0.717, 1.165) is 30.4 Å². The van der Waals surface area contributed by atoms with Gasteiger partial charge in [-0.2, -0.15) is 0 Å². The van der Waals surface area contributed by atoms with Gasteiger partial charge in [-0.1, -0.05) is 25.8 Å². The first-order chi connectivity index (χ1) is 9.74. The van der Waals surface area contributed by atoms with Crippen LogP contribution in [-0.4, -0.2) is 26.8 Å². The van der Waals surface area contributed by atoms with E-state index in [1.165, 1.54) is 31.2 Å². The molecule has 1 aliphatic rings. The van der Waals surface area contributed by atoms with Gasteiger partial charge in [0.25, 0.3) is 0 Å². The molecule has 1 aromatic rings. The van der Waals surface area contributed by atoms with Gasteiger partial charge in [-0.3, -0.25) is 0 Å². The van der Waals surface area contributed by atoms with Crippen LogP contribution < -0.4 is 14.8 Å². The van der Waals surface area contributed by atoms with Gasteiger partial charge in [0.2, 0.25) is 0 Å². The Kier molecular flexibility index (Phi) is 5.72. The Balaban J connectivity index is 1.84. The van der Waals surface area contributed by atoms with Crippen LogP contribution in [0.2, 0.25) is 0 Å². The molecule has 0 heterocycles. The molecule has 1 saturated carbocycles. The molecule has 0 saturated heterocycles. The van der Waals surface area contributed by atoms with Crippen molar-refractivity contribution in [2.24, 2.45) is 5.92 Å². The fourth-order valence-corrected chi connectivity index (χ4v) is 3.06. The molecule has 0 aromatic heterocycles. The van der Waals surface area contributed by atoms with Gasteiger partial charge in [-0.15, -0.1) is 0 Å². The highest BCUT2D eigenvalue weighted by Crippen LogP contribution is 2.28. The highest BCUT2D eigenvalue weighted by molar-refractivity contribution is 5.42. The van der Waals surface area contributed by atoms with Crippen molar-refractivity contribution in [2.45, 2.75) is 45.1 Å². The van der Waals surface area contributed by atoms with Crippen molar-refractivity contribution in [1.29, 1.82) is 0 Å². The minimum Gasteiger partial charge on any atom is -0.493 e. The van der Waals surface area contributed by atoms with Gasteiger partial charge in [0.1, 0.15) is 0 Å². The molecule has 3 heteroatoms. The van der Waals surface area contributed by atoms with Crippen LogP contribution in [0.15, 0.2) is 18.2 Å². The number of nitrogens with one attached hydrogen (secondary N) is 1. The van der Waals surface area contributed by atoms with E-state index < -0.39 is 0 Å². The molecule has 0 bridgehead atoms. The van der Waals surface area contributed by atoms with E-state index >= 15 is 0 Å². The van der Waals surface area contributed by atoms with Crippen LogP contribution in [0.4, 0.5) is 0 Å². The Morgan fingerprint density at radius 1 is 1.10 bits per heavy atom. The summed E-state index contributed by atoms with van der Waals surface area (Å²) in [5, 5.41) is 3.71. The summed E-state index contributed by atoms with van der Waals surface area (Å²) in [7, 11) is 3.35. The third kappa shape index (κ3) is 3.89. The molecule has 2 atom stereocenters. The SMILES string of the molecule is COc1ccc(CCNC2CCCCC2C)cc1OC. The molecule has 112 valence electrons. The molecule has 0 spiro atoms. The maximum Gasteiger partial charge on any atom is 0.160 e. The lowest BCUT2D eigenvalue weighted by Gasteiger charge is -2.29. The van der Waals surface area contributed by atoms with Crippen LogP contribution >= 0.6 is 0 Å². The predicted molar refractivity (Wildman–Crippen MR) is 82.7 cm³/mol. The van der Waals surface area contributed by atoms with E-state index in [4.69, 9.17) is 9.47 Å². The van der Waals surface area contributed by atoms with Gasteiger partial charge in [0, 0.05) is 6.04 Å². The van der Waals surface area contributed by atoms with Crippen molar-refractivity contribution >= 4 is 0 Å². The van der Waals surface area contributed by atoms with Gasteiger partial charge >= 0.3 is 0 Å². The molecule has 1 aromatic carbocycles. The zero-order valence-corrected chi connectivity index (χ0v) is 12.9. The van der Waals surface area contributed by atoms with Crippen LogP contribution in [0.25, 0.3) is 0 Å². The van der Waals surface area contributed by atoms with Crippen molar-refractivity contribution < 1.29 is 9.47 Å². The number of benzene rings is 1. The van der Waals surface area contributed by atoms with Crippen LogP contribution in [0.3, 0.4) is 0 Å². The number of rotatable bonds is 6. The lowest BCUT2D eigenvalue weighted by molar-refractivity contribution is 0.282. The van der Waals surface area contributed by atoms with Crippen LogP contribution in [0.5, 0.6) is 11.5 Å². The van der Waals surface area contributed by atoms with Gasteiger partial charge in [0.15, 0.2) is 11.5 Å². The van der Waals surface area contributed by atoms with E-state index in [1.54, 1.807) is 14.2 Å². The minimum atomic E-state index is 0.698. The van der Waals surface area contributed by atoms with Gasteiger partial charge in [0.05, 0.1) is 14.2 Å². The van der Waals surface area contributed by atoms with Gasteiger partial charge in [-0.25, -0.2) is 0 Å². The largest absolute Gasteiger partial charge is 0.493 e. The smallest absolute Gasteiger partial charge is 0.160 e. The zero-order valence-electron chi connectivity index (χ0n) is 12.9. The fraction of sp³-hybridized carbons (Fsp3) is 0.647. The molecular formula is C17H27NO2. The number of hydrogen-bond donors (Lipinski definition) is 1. The summed E-state index contributed by atoms with van der Waals surface area (Å²) >= 11 is 0. The predicted octanol–water partition coefficient (Wildman–Crippen LogP) is 3.41. The van der Waals surface area contributed by atoms with Gasteiger partial charge < -0.3 is 14.8 Å². The van der Waals surface area contributed by atoms with Crippen LogP contribution in [0.1, 0.15) is 38.2 Å². The average Bonchev–Trinajstić information content (AvgIpc) is 2.49. The normalized spacial score (nSPS) is 22.6. The fourth-order valence-electron chi connectivity index (χ4n) is 3.06. The first-order valence-electron chi connectivity index (χ1n) is 7.69. The molecule has 1 N–H and O–H groups in total. The second-order valence-corrected chi connectivity index (χ2v) is 5.76. The molecule has 0 radical (unpaired) electrons. The molecule has 2 rings (SSSR count). The third-order valence-electron chi connectivity index (χ3n) is 4.38. The lowest BCUT2D eigenvalue weighted by Crippen LogP contribution is -2.38. The first-order valence-corrected chi connectivity index (χ1v) is 7.69. The summed E-state index contributed by atoms with van der Waals surface area (Å²) in [4.78, 5) is 0.